The molecule has 0 saturated carbocycles. The van der Waals surface area contributed by atoms with Gasteiger partial charge in [0, 0.05) is 87.1 Å². The third kappa shape index (κ3) is 8.38. The van der Waals surface area contributed by atoms with Crippen LogP contribution in [-0.4, -0.2) is 80.0 Å². The van der Waals surface area contributed by atoms with E-state index in [1.807, 2.05) is 0 Å². The molecule has 7 N–H and O–H groups in total. The second-order valence-corrected chi connectivity index (χ2v) is 16.8. The van der Waals surface area contributed by atoms with E-state index in [-0.39, 0.29) is 86.2 Å². The number of aromatic hydroxyl groups is 2. The van der Waals surface area contributed by atoms with Crippen LogP contribution in [0.5, 0.6) is 17.2 Å². The Bertz CT molecular complexity index is 2970. The van der Waals surface area contributed by atoms with Crippen molar-refractivity contribution in [2.24, 2.45) is 0 Å². The van der Waals surface area contributed by atoms with E-state index in [0.29, 0.717) is 44.7 Å². The third-order valence-electron chi connectivity index (χ3n) is 10.0. The number of nitrogens with one attached hydrogen (secondary N) is 2. The molecular formula is C46H34N2O12S2. The minimum atomic E-state index is -1.23. The number of amides is 2. The standard InChI is InChI=1S/C46H34N2O12S2/c49-25-3-9-31-37(19-25)59-38-20-26(50)4-10-32(38)41(31)35-17-23(1-7-29(35)45(55)56)43(53)47-13-15-61-62-16-14-48-44(54)24-2-8-30(46(57)58)36(18-24)42-33-11-5-27(51)21-39(33)60-40-22-28(52)6-12-34(40)42/h1-12,17-22,25,49-51H,13-16H2,(H,47,53)(H,48,54)(H,55,56)(H,57,58). The fourth-order valence-electron chi connectivity index (χ4n) is 7.27. The van der Waals surface area contributed by atoms with E-state index < -0.39 is 29.9 Å². The fraction of sp³-hybridized carbons (Fsp3) is 0.109. The molecule has 2 aliphatic heterocycles. The zero-order valence-corrected chi connectivity index (χ0v) is 33.8. The second-order valence-electron chi connectivity index (χ2n) is 14.1. The van der Waals surface area contributed by atoms with E-state index in [1.54, 1.807) is 18.2 Å². The van der Waals surface area contributed by atoms with Crippen LogP contribution < -0.4 is 20.8 Å². The number of carbonyl (C=O) groups is 4. The maximum Gasteiger partial charge on any atom is 0.336 e. The summed E-state index contributed by atoms with van der Waals surface area (Å²) in [7, 11) is 2.93. The van der Waals surface area contributed by atoms with Crippen LogP contribution >= 0.6 is 21.6 Å². The van der Waals surface area contributed by atoms with Gasteiger partial charge in [-0.25, -0.2) is 9.59 Å². The molecule has 0 spiro atoms. The van der Waals surface area contributed by atoms with Gasteiger partial charge in [0.15, 0.2) is 5.43 Å². The highest BCUT2D eigenvalue weighted by molar-refractivity contribution is 8.76. The summed E-state index contributed by atoms with van der Waals surface area (Å²) < 4.78 is 11.9. The molecule has 0 radical (unpaired) electrons. The first-order chi connectivity index (χ1) is 29.9. The molecule has 16 heteroatoms. The summed E-state index contributed by atoms with van der Waals surface area (Å²) in [6.45, 7) is 0.552. The zero-order chi connectivity index (χ0) is 43.7. The van der Waals surface area contributed by atoms with Crippen LogP contribution in [0.25, 0.3) is 39.0 Å². The lowest BCUT2D eigenvalue weighted by molar-refractivity contribution is 0.0686. The van der Waals surface area contributed by atoms with Crippen molar-refractivity contribution in [1.82, 2.24) is 10.6 Å². The average Bonchev–Trinajstić information content (AvgIpc) is 3.24. The largest absolute Gasteiger partial charge is 0.508 e. The molecule has 2 heterocycles. The highest BCUT2D eigenvalue weighted by atomic mass is 33.1. The minimum Gasteiger partial charge on any atom is -0.508 e. The molecule has 1 unspecified atom stereocenters. The molecule has 312 valence electrons. The van der Waals surface area contributed by atoms with Crippen LogP contribution in [0.15, 0.2) is 130 Å². The molecule has 4 aromatic carbocycles. The summed E-state index contributed by atoms with van der Waals surface area (Å²) in [4.78, 5) is 63.7. The van der Waals surface area contributed by atoms with Gasteiger partial charge >= 0.3 is 11.9 Å². The molecule has 0 fully saturated rings. The topological polar surface area (TPSA) is 233 Å². The Morgan fingerprint density at radius 1 is 0.677 bits per heavy atom. The average molecular weight is 871 g/mol. The highest BCUT2D eigenvalue weighted by Crippen LogP contribution is 2.46. The van der Waals surface area contributed by atoms with Crippen LogP contribution in [0.2, 0.25) is 0 Å². The summed E-state index contributed by atoms with van der Waals surface area (Å²) >= 11 is 0. The first kappa shape index (κ1) is 41.5. The number of phenolic OH excluding ortho intramolecular Hbond substituents is 2. The highest BCUT2D eigenvalue weighted by Gasteiger charge is 2.30. The van der Waals surface area contributed by atoms with Crippen molar-refractivity contribution in [1.29, 1.82) is 0 Å². The predicted octanol–water partition coefficient (Wildman–Crippen LogP) is 6.92. The number of carboxylic acids is 2. The van der Waals surface area contributed by atoms with Crippen molar-refractivity contribution in [3.63, 3.8) is 0 Å². The monoisotopic (exact) mass is 870 g/mol. The van der Waals surface area contributed by atoms with Gasteiger partial charge in [-0.1, -0.05) is 33.7 Å². The number of rotatable bonds is 13. The second kappa shape index (κ2) is 17.4. The van der Waals surface area contributed by atoms with Crippen LogP contribution in [0.1, 0.15) is 52.6 Å². The molecule has 1 atom stereocenters. The number of benzene rings is 5. The van der Waals surface area contributed by atoms with E-state index in [9.17, 15) is 49.5 Å². The summed E-state index contributed by atoms with van der Waals surface area (Å²) in [5.74, 6) is -1.73. The molecule has 14 nitrogen and oxygen atoms in total. The molecule has 0 bridgehead atoms. The summed E-state index contributed by atoms with van der Waals surface area (Å²) in [6, 6.07) is 21.5. The number of carbonyl (C=O) groups excluding carboxylic acids is 2. The summed E-state index contributed by atoms with van der Waals surface area (Å²) in [5, 5.41) is 56.9. The Morgan fingerprint density at radius 2 is 1.29 bits per heavy atom. The van der Waals surface area contributed by atoms with Gasteiger partial charge < -0.3 is 45.3 Å². The smallest absolute Gasteiger partial charge is 0.336 e. The maximum atomic E-state index is 13.3. The molecule has 2 amide bonds. The first-order valence-electron chi connectivity index (χ1n) is 19.0. The Morgan fingerprint density at radius 3 is 1.97 bits per heavy atom. The molecule has 2 aliphatic carbocycles. The Hall–Kier alpha value is -7.27. The number of carboxylic acid groups (broad SMARTS) is 2. The fourth-order valence-corrected chi connectivity index (χ4v) is 9.08. The van der Waals surface area contributed by atoms with Gasteiger partial charge in [0.2, 0.25) is 0 Å². The van der Waals surface area contributed by atoms with Gasteiger partial charge in [-0.05, 0) is 90.0 Å². The summed E-state index contributed by atoms with van der Waals surface area (Å²) in [5.41, 5.74) is 2.99. The van der Waals surface area contributed by atoms with Crippen molar-refractivity contribution in [3.8, 4) is 39.7 Å². The number of hydrogen-bond donors (Lipinski definition) is 7. The van der Waals surface area contributed by atoms with Gasteiger partial charge in [0.1, 0.15) is 34.4 Å². The normalized spacial score (nSPS) is 14.1. The molecule has 8 rings (SSSR count). The summed E-state index contributed by atoms with van der Waals surface area (Å²) in [6.07, 6.45) is 3.69. The molecule has 62 heavy (non-hydrogen) atoms. The quantitative estimate of drug-likeness (QED) is 0.0355. The molecule has 0 saturated heterocycles. The van der Waals surface area contributed by atoms with E-state index >= 15 is 0 Å². The van der Waals surface area contributed by atoms with Gasteiger partial charge in [-0.15, -0.1) is 0 Å². The molecule has 4 aliphatic rings. The van der Waals surface area contributed by atoms with Crippen molar-refractivity contribution in [3.05, 3.63) is 164 Å². The Balaban J connectivity index is 0.897. The number of ether oxygens (including phenoxy) is 1. The van der Waals surface area contributed by atoms with Gasteiger partial charge in [-0.3, -0.25) is 14.4 Å². The number of hydrogen-bond acceptors (Lipinski definition) is 12. The predicted molar refractivity (Wildman–Crippen MR) is 234 cm³/mol. The van der Waals surface area contributed by atoms with E-state index in [2.05, 4.69) is 10.6 Å². The molecule has 4 aromatic rings. The Kier molecular flexibility index (Phi) is 11.6. The van der Waals surface area contributed by atoms with E-state index in [4.69, 9.17) is 9.15 Å². The lowest BCUT2D eigenvalue weighted by Gasteiger charge is -2.28. The lowest BCUT2D eigenvalue weighted by atomic mass is 9.84. The van der Waals surface area contributed by atoms with Crippen molar-refractivity contribution in [2.45, 2.75) is 6.10 Å². The van der Waals surface area contributed by atoms with Gasteiger partial charge in [0.05, 0.1) is 17.2 Å². The third-order valence-corrected chi connectivity index (χ3v) is 12.4. The first-order valence-corrected chi connectivity index (χ1v) is 21.4. The minimum absolute atomic E-state index is 0.0582. The van der Waals surface area contributed by atoms with Gasteiger partial charge in [0.25, 0.3) is 11.8 Å². The number of aliphatic hydroxyl groups excluding tert-OH is 1. The van der Waals surface area contributed by atoms with Crippen LogP contribution in [-0.2, 0) is 0 Å². The maximum absolute atomic E-state index is 13.3. The molecule has 0 aromatic heterocycles. The lowest BCUT2D eigenvalue weighted by Crippen LogP contribution is -2.26. The number of aromatic carboxylic acids is 2. The number of aliphatic hydroxyl groups is 1. The number of phenols is 2. The van der Waals surface area contributed by atoms with Crippen LogP contribution in [0.3, 0.4) is 0 Å². The van der Waals surface area contributed by atoms with Crippen LogP contribution in [0.4, 0.5) is 0 Å². The SMILES string of the molecule is O=C(NCCSSCCNC(=O)c1ccc(C(=O)O)c(-c2c3ccc(=O)cc-3oc3cc(O)ccc23)c1)c1ccc(C(=O)O)c(C2=C3C=CC(O)C=C3Oc3cc(O)ccc32)c1. The van der Waals surface area contributed by atoms with Crippen molar-refractivity contribution < 1.29 is 53.9 Å². The number of fused-ring (bicyclic) bond motifs is 4. The van der Waals surface area contributed by atoms with Crippen LogP contribution in [0, 0.1) is 0 Å². The van der Waals surface area contributed by atoms with Crippen molar-refractivity contribution in [2.75, 3.05) is 24.6 Å². The van der Waals surface area contributed by atoms with E-state index in [0.717, 1.165) is 0 Å². The Labute approximate surface area is 359 Å². The van der Waals surface area contributed by atoms with Gasteiger partial charge in [-0.2, -0.15) is 0 Å². The zero-order valence-electron chi connectivity index (χ0n) is 32.2. The van der Waals surface area contributed by atoms with E-state index in [1.165, 1.54) is 113 Å². The molecular weight excluding hydrogens is 837 g/mol. The number of allylic oxidation sites excluding steroid dienone is 1. The van der Waals surface area contributed by atoms with Crippen molar-refractivity contribution >= 4 is 61.9 Å².